The second-order valence-corrected chi connectivity index (χ2v) is 5.76. The smallest absolute Gasteiger partial charge is 0.223 e. The van der Waals surface area contributed by atoms with Crippen LogP contribution in [-0.4, -0.2) is 36.0 Å². The van der Waals surface area contributed by atoms with Crippen LogP contribution in [0, 0.1) is 6.92 Å². The molecule has 3 nitrogen and oxygen atoms in total. The summed E-state index contributed by atoms with van der Waals surface area (Å²) in [6.07, 6.45) is 1.45. The van der Waals surface area contributed by atoms with Gasteiger partial charge >= 0.3 is 0 Å². The third-order valence-electron chi connectivity index (χ3n) is 3.62. The van der Waals surface area contributed by atoms with Crippen LogP contribution in [0.5, 0.6) is 0 Å². The van der Waals surface area contributed by atoms with Gasteiger partial charge in [-0.25, -0.2) is 0 Å². The van der Waals surface area contributed by atoms with Crippen LogP contribution in [0.15, 0.2) is 24.3 Å². The summed E-state index contributed by atoms with van der Waals surface area (Å²) in [4.78, 5) is 14.2. The standard InChI is InChI=1S/C16H24N2O/c1-12-5-4-6-15(9-12)7-8-16(19)18-10-13(2)17-14(3)11-18/h4-6,9,13-14,17H,7-8,10-11H2,1-3H3/t13-,14-/m0/s1. The predicted octanol–water partition coefficient (Wildman–Crippen LogP) is 2.14. The molecule has 1 heterocycles. The lowest BCUT2D eigenvalue weighted by molar-refractivity contribution is -0.132. The highest BCUT2D eigenvalue weighted by molar-refractivity contribution is 5.76. The molecule has 0 unspecified atom stereocenters. The Morgan fingerprint density at radius 1 is 1.32 bits per heavy atom. The minimum atomic E-state index is 0.279. The number of piperazine rings is 1. The summed E-state index contributed by atoms with van der Waals surface area (Å²) in [5.41, 5.74) is 2.51. The van der Waals surface area contributed by atoms with Crippen LogP contribution in [0.2, 0.25) is 0 Å². The fraction of sp³-hybridized carbons (Fsp3) is 0.562. The maximum Gasteiger partial charge on any atom is 0.223 e. The van der Waals surface area contributed by atoms with Crippen molar-refractivity contribution in [2.75, 3.05) is 13.1 Å². The summed E-state index contributed by atoms with van der Waals surface area (Å²) in [7, 11) is 0. The van der Waals surface area contributed by atoms with Gasteiger partial charge in [-0.05, 0) is 32.8 Å². The number of nitrogens with zero attached hydrogens (tertiary/aromatic N) is 1. The van der Waals surface area contributed by atoms with E-state index in [1.807, 2.05) is 4.90 Å². The van der Waals surface area contributed by atoms with E-state index in [1.165, 1.54) is 11.1 Å². The highest BCUT2D eigenvalue weighted by Crippen LogP contribution is 2.10. The minimum Gasteiger partial charge on any atom is -0.340 e. The molecule has 0 radical (unpaired) electrons. The molecule has 1 saturated heterocycles. The largest absolute Gasteiger partial charge is 0.340 e. The molecule has 19 heavy (non-hydrogen) atoms. The predicted molar refractivity (Wildman–Crippen MR) is 78.1 cm³/mol. The van der Waals surface area contributed by atoms with E-state index in [-0.39, 0.29) is 5.91 Å². The van der Waals surface area contributed by atoms with Crippen molar-refractivity contribution in [2.45, 2.75) is 45.7 Å². The quantitative estimate of drug-likeness (QED) is 0.903. The van der Waals surface area contributed by atoms with Gasteiger partial charge in [0.25, 0.3) is 0 Å². The molecule has 1 aromatic rings. The van der Waals surface area contributed by atoms with E-state index in [0.29, 0.717) is 18.5 Å². The molecule has 2 atom stereocenters. The normalized spacial score (nSPS) is 23.4. The average Bonchev–Trinajstić information content (AvgIpc) is 2.35. The topological polar surface area (TPSA) is 32.3 Å². The summed E-state index contributed by atoms with van der Waals surface area (Å²) in [6, 6.07) is 9.20. The molecule has 1 amide bonds. The highest BCUT2D eigenvalue weighted by atomic mass is 16.2. The lowest BCUT2D eigenvalue weighted by Crippen LogP contribution is -2.55. The van der Waals surface area contributed by atoms with Crippen molar-refractivity contribution < 1.29 is 4.79 Å². The molecular formula is C16H24N2O. The lowest BCUT2D eigenvalue weighted by Gasteiger charge is -2.36. The van der Waals surface area contributed by atoms with Gasteiger partial charge in [0.05, 0.1) is 0 Å². The van der Waals surface area contributed by atoms with Gasteiger partial charge in [0.1, 0.15) is 0 Å². The molecule has 1 aliphatic heterocycles. The minimum absolute atomic E-state index is 0.279. The second-order valence-electron chi connectivity index (χ2n) is 5.76. The zero-order valence-corrected chi connectivity index (χ0v) is 12.1. The van der Waals surface area contributed by atoms with Crippen molar-refractivity contribution in [3.63, 3.8) is 0 Å². The Bertz CT molecular complexity index is 434. The Balaban J connectivity index is 1.87. The molecule has 1 N–H and O–H groups in total. The Kier molecular flexibility index (Phi) is 4.59. The number of aryl methyl sites for hydroxylation is 2. The van der Waals surface area contributed by atoms with Crippen molar-refractivity contribution >= 4 is 5.91 Å². The lowest BCUT2D eigenvalue weighted by atomic mass is 10.1. The molecule has 104 valence electrons. The molecule has 0 bridgehead atoms. The van der Waals surface area contributed by atoms with Gasteiger partial charge < -0.3 is 10.2 Å². The van der Waals surface area contributed by atoms with E-state index in [0.717, 1.165) is 19.5 Å². The number of amides is 1. The number of rotatable bonds is 3. The zero-order chi connectivity index (χ0) is 13.8. The number of benzene rings is 1. The van der Waals surface area contributed by atoms with E-state index >= 15 is 0 Å². The van der Waals surface area contributed by atoms with E-state index in [2.05, 4.69) is 50.4 Å². The maximum atomic E-state index is 12.2. The fourth-order valence-corrected chi connectivity index (χ4v) is 2.81. The van der Waals surface area contributed by atoms with Gasteiger partial charge in [0.15, 0.2) is 0 Å². The molecule has 0 aromatic heterocycles. The van der Waals surface area contributed by atoms with Gasteiger partial charge in [-0.3, -0.25) is 4.79 Å². The highest BCUT2D eigenvalue weighted by Gasteiger charge is 2.24. The summed E-state index contributed by atoms with van der Waals surface area (Å²) in [5.74, 6) is 0.279. The second kappa shape index (κ2) is 6.20. The Hall–Kier alpha value is -1.35. The molecular weight excluding hydrogens is 236 g/mol. The SMILES string of the molecule is Cc1cccc(CCC(=O)N2C[C@H](C)N[C@@H](C)C2)c1. The molecule has 2 rings (SSSR count). The van der Waals surface area contributed by atoms with Crippen molar-refractivity contribution in [3.8, 4) is 0 Å². The number of hydrogen-bond acceptors (Lipinski definition) is 2. The van der Waals surface area contributed by atoms with E-state index in [1.54, 1.807) is 0 Å². The molecule has 1 aromatic carbocycles. The number of nitrogens with one attached hydrogen (secondary N) is 1. The number of hydrogen-bond donors (Lipinski definition) is 1. The number of carbonyl (C=O) groups is 1. The third kappa shape index (κ3) is 4.06. The Morgan fingerprint density at radius 3 is 2.63 bits per heavy atom. The summed E-state index contributed by atoms with van der Waals surface area (Å²) < 4.78 is 0. The van der Waals surface area contributed by atoms with Gasteiger partial charge in [-0.2, -0.15) is 0 Å². The first-order valence-electron chi connectivity index (χ1n) is 7.14. The monoisotopic (exact) mass is 260 g/mol. The zero-order valence-electron chi connectivity index (χ0n) is 12.1. The van der Waals surface area contributed by atoms with E-state index < -0.39 is 0 Å². The van der Waals surface area contributed by atoms with Gasteiger partial charge in [0, 0.05) is 31.6 Å². The van der Waals surface area contributed by atoms with Crippen LogP contribution in [0.1, 0.15) is 31.4 Å². The average molecular weight is 260 g/mol. The Labute approximate surface area is 116 Å². The van der Waals surface area contributed by atoms with E-state index in [4.69, 9.17) is 0 Å². The first-order valence-corrected chi connectivity index (χ1v) is 7.14. The van der Waals surface area contributed by atoms with E-state index in [9.17, 15) is 4.79 Å². The van der Waals surface area contributed by atoms with Gasteiger partial charge in [-0.1, -0.05) is 29.8 Å². The van der Waals surface area contributed by atoms with Crippen LogP contribution in [0.25, 0.3) is 0 Å². The summed E-state index contributed by atoms with van der Waals surface area (Å²) >= 11 is 0. The maximum absolute atomic E-state index is 12.2. The Morgan fingerprint density at radius 2 is 2.00 bits per heavy atom. The van der Waals surface area contributed by atoms with Crippen molar-refractivity contribution in [2.24, 2.45) is 0 Å². The van der Waals surface area contributed by atoms with Crippen LogP contribution < -0.4 is 5.32 Å². The molecule has 0 spiro atoms. The van der Waals surface area contributed by atoms with Crippen LogP contribution in [0.4, 0.5) is 0 Å². The molecule has 1 aliphatic rings. The van der Waals surface area contributed by atoms with Crippen molar-refractivity contribution in [1.82, 2.24) is 10.2 Å². The first-order chi connectivity index (χ1) is 9.04. The molecule has 0 aliphatic carbocycles. The summed E-state index contributed by atoms with van der Waals surface area (Å²) in [5, 5.41) is 3.45. The van der Waals surface area contributed by atoms with Crippen LogP contribution >= 0.6 is 0 Å². The fourth-order valence-electron chi connectivity index (χ4n) is 2.81. The molecule has 3 heteroatoms. The van der Waals surface area contributed by atoms with Crippen molar-refractivity contribution in [1.29, 1.82) is 0 Å². The molecule has 0 saturated carbocycles. The first kappa shape index (κ1) is 14.1. The number of carbonyl (C=O) groups excluding carboxylic acids is 1. The summed E-state index contributed by atoms with van der Waals surface area (Å²) in [6.45, 7) is 8.02. The third-order valence-corrected chi connectivity index (χ3v) is 3.62. The van der Waals surface area contributed by atoms with Gasteiger partial charge in [-0.15, -0.1) is 0 Å². The molecule has 1 fully saturated rings. The van der Waals surface area contributed by atoms with Crippen LogP contribution in [0.3, 0.4) is 0 Å². The van der Waals surface area contributed by atoms with Gasteiger partial charge in [0.2, 0.25) is 5.91 Å². The van der Waals surface area contributed by atoms with Crippen molar-refractivity contribution in [3.05, 3.63) is 35.4 Å². The van der Waals surface area contributed by atoms with Crippen LogP contribution in [-0.2, 0) is 11.2 Å².